The highest BCUT2D eigenvalue weighted by molar-refractivity contribution is 8.00. The second-order valence-electron chi connectivity index (χ2n) is 4.82. The standard InChI is InChI=1S/C14H20N2OS/c1-10-6-4-5-7-12(10)8-16(3)14(17)13-9-18-11(2)15-13/h4-7,11,13,15H,8-9H2,1-3H3/t11?,13-/m0/s1. The van der Waals surface area contributed by atoms with Crippen LogP contribution in [0.2, 0.25) is 0 Å². The van der Waals surface area contributed by atoms with Crippen molar-refractivity contribution in [1.29, 1.82) is 0 Å². The molecular weight excluding hydrogens is 244 g/mol. The number of hydrogen-bond donors (Lipinski definition) is 1. The van der Waals surface area contributed by atoms with Gasteiger partial charge in [0.25, 0.3) is 0 Å². The second-order valence-corrected chi connectivity index (χ2v) is 6.19. The van der Waals surface area contributed by atoms with E-state index in [0.717, 1.165) is 5.75 Å². The van der Waals surface area contributed by atoms with E-state index in [4.69, 9.17) is 0 Å². The van der Waals surface area contributed by atoms with Gasteiger partial charge < -0.3 is 4.90 Å². The van der Waals surface area contributed by atoms with Crippen LogP contribution in [0.3, 0.4) is 0 Å². The Labute approximate surface area is 113 Å². The SMILES string of the molecule is Cc1ccccc1CN(C)C(=O)[C@@H]1CSC(C)N1. The van der Waals surface area contributed by atoms with Crippen LogP contribution in [0, 0.1) is 6.92 Å². The van der Waals surface area contributed by atoms with Crippen LogP contribution in [0.4, 0.5) is 0 Å². The smallest absolute Gasteiger partial charge is 0.240 e. The van der Waals surface area contributed by atoms with Crippen molar-refractivity contribution in [3.05, 3.63) is 35.4 Å². The molecule has 1 aromatic carbocycles. The molecule has 1 saturated heterocycles. The first-order chi connectivity index (χ1) is 8.58. The monoisotopic (exact) mass is 264 g/mol. The Kier molecular flexibility index (Phi) is 4.30. The summed E-state index contributed by atoms with van der Waals surface area (Å²) >= 11 is 1.80. The van der Waals surface area contributed by atoms with Gasteiger partial charge in [-0.1, -0.05) is 24.3 Å². The average Bonchev–Trinajstić information content (AvgIpc) is 2.78. The number of carbonyl (C=O) groups is 1. The summed E-state index contributed by atoms with van der Waals surface area (Å²) in [5.74, 6) is 1.06. The number of carbonyl (C=O) groups excluding carboxylic acids is 1. The topological polar surface area (TPSA) is 32.3 Å². The van der Waals surface area contributed by atoms with Gasteiger partial charge in [-0.15, -0.1) is 11.8 Å². The van der Waals surface area contributed by atoms with Crippen LogP contribution in [0.15, 0.2) is 24.3 Å². The lowest BCUT2D eigenvalue weighted by atomic mass is 10.1. The molecule has 2 rings (SSSR count). The Morgan fingerprint density at radius 1 is 1.50 bits per heavy atom. The number of thioether (sulfide) groups is 1. The summed E-state index contributed by atoms with van der Waals surface area (Å²) in [5, 5.41) is 3.69. The third kappa shape index (κ3) is 3.06. The van der Waals surface area contributed by atoms with Crippen molar-refractivity contribution in [2.45, 2.75) is 31.8 Å². The summed E-state index contributed by atoms with van der Waals surface area (Å²) in [7, 11) is 1.88. The second kappa shape index (κ2) is 5.76. The van der Waals surface area contributed by atoms with Crippen molar-refractivity contribution >= 4 is 17.7 Å². The Morgan fingerprint density at radius 3 is 2.83 bits per heavy atom. The molecule has 1 aromatic rings. The van der Waals surface area contributed by atoms with Gasteiger partial charge in [-0.2, -0.15) is 0 Å². The highest BCUT2D eigenvalue weighted by Gasteiger charge is 2.29. The summed E-state index contributed by atoms with van der Waals surface area (Å²) in [6.07, 6.45) is 0. The van der Waals surface area contributed by atoms with Gasteiger partial charge in [0.15, 0.2) is 0 Å². The molecule has 1 heterocycles. The van der Waals surface area contributed by atoms with E-state index < -0.39 is 0 Å². The molecule has 1 aliphatic rings. The van der Waals surface area contributed by atoms with E-state index in [1.807, 2.05) is 24.1 Å². The first-order valence-electron chi connectivity index (χ1n) is 6.25. The predicted molar refractivity (Wildman–Crippen MR) is 76.5 cm³/mol. The Balaban J connectivity index is 1.98. The largest absolute Gasteiger partial charge is 0.340 e. The number of hydrogen-bond acceptors (Lipinski definition) is 3. The van der Waals surface area contributed by atoms with Crippen molar-refractivity contribution in [2.24, 2.45) is 0 Å². The molecule has 0 radical (unpaired) electrons. The maximum atomic E-state index is 12.3. The van der Waals surface area contributed by atoms with E-state index in [1.54, 1.807) is 11.8 Å². The zero-order valence-corrected chi connectivity index (χ0v) is 12.0. The number of nitrogens with zero attached hydrogens (tertiary/aromatic N) is 1. The maximum absolute atomic E-state index is 12.3. The molecule has 2 atom stereocenters. The molecule has 1 aliphatic heterocycles. The first-order valence-corrected chi connectivity index (χ1v) is 7.30. The van der Waals surface area contributed by atoms with Crippen molar-refractivity contribution in [3.8, 4) is 0 Å². The summed E-state index contributed by atoms with van der Waals surface area (Å²) in [6.45, 7) is 4.86. The molecule has 0 aromatic heterocycles. The van der Waals surface area contributed by atoms with Crippen molar-refractivity contribution in [3.63, 3.8) is 0 Å². The minimum atomic E-state index is -0.0287. The third-order valence-corrected chi connectivity index (χ3v) is 4.45. The fraction of sp³-hybridized carbons (Fsp3) is 0.500. The summed E-state index contributed by atoms with van der Waals surface area (Å²) < 4.78 is 0. The van der Waals surface area contributed by atoms with Crippen LogP contribution in [0.25, 0.3) is 0 Å². The highest BCUT2D eigenvalue weighted by Crippen LogP contribution is 2.19. The molecule has 1 N–H and O–H groups in total. The zero-order chi connectivity index (χ0) is 13.1. The Hall–Kier alpha value is -1.000. The fourth-order valence-corrected chi connectivity index (χ4v) is 3.13. The number of aryl methyl sites for hydroxylation is 1. The minimum Gasteiger partial charge on any atom is -0.340 e. The van der Waals surface area contributed by atoms with Crippen LogP contribution in [0.1, 0.15) is 18.1 Å². The molecule has 18 heavy (non-hydrogen) atoms. The molecule has 3 nitrogen and oxygen atoms in total. The van der Waals surface area contributed by atoms with Gasteiger partial charge in [0.2, 0.25) is 5.91 Å². The van der Waals surface area contributed by atoms with Crippen LogP contribution in [-0.2, 0) is 11.3 Å². The van der Waals surface area contributed by atoms with Crippen LogP contribution < -0.4 is 5.32 Å². The normalized spacial score (nSPS) is 23.1. The van der Waals surface area contributed by atoms with Gasteiger partial charge in [0, 0.05) is 19.3 Å². The summed E-state index contributed by atoms with van der Waals surface area (Å²) in [4.78, 5) is 14.1. The Morgan fingerprint density at radius 2 is 2.22 bits per heavy atom. The molecule has 4 heteroatoms. The minimum absolute atomic E-state index is 0.0287. The summed E-state index contributed by atoms with van der Waals surface area (Å²) in [6, 6.07) is 8.18. The lowest BCUT2D eigenvalue weighted by molar-refractivity contribution is -0.132. The van der Waals surface area contributed by atoms with Crippen molar-refractivity contribution < 1.29 is 4.79 Å². The highest BCUT2D eigenvalue weighted by atomic mass is 32.2. The van der Waals surface area contributed by atoms with Gasteiger partial charge in [0.05, 0.1) is 11.4 Å². The third-order valence-electron chi connectivity index (χ3n) is 3.29. The van der Waals surface area contributed by atoms with Crippen molar-refractivity contribution in [2.75, 3.05) is 12.8 Å². The van der Waals surface area contributed by atoms with Crippen LogP contribution in [0.5, 0.6) is 0 Å². The zero-order valence-electron chi connectivity index (χ0n) is 11.1. The average molecular weight is 264 g/mol. The fourth-order valence-electron chi connectivity index (χ4n) is 2.15. The Bertz CT molecular complexity index is 436. The maximum Gasteiger partial charge on any atom is 0.240 e. The lowest BCUT2D eigenvalue weighted by Gasteiger charge is -2.22. The quantitative estimate of drug-likeness (QED) is 0.906. The van der Waals surface area contributed by atoms with Gasteiger partial charge >= 0.3 is 0 Å². The van der Waals surface area contributed by atoms with E-state index >= 15 is 0 Å². The molecular formula is C14H20N2OS. The molecule has 1 unspecified atom stereocenters. The molecule has 0 aliphatic carbocycles. The number of rotatable bonds is 3. The van der Waals surface area contributed by atoms with E-state index in [9.17, 15) is 4.79 Å². The summed E-state index contributed by atoms with van der Waals surface area (Å²) in [5.41, 5.74) is 2.45. The number of amides is 1. The molecule has 0 saturated carbocycles. The van der Waals surface area contributed by atoms with Gasteiger partial charge in [-0.3, -0.25) is 10.1 Å². The number of nitrogens with one attached hydrogen (secondary N) is 1. The van der Waals surface area contributed by atoms with E-state index in [-0.39, 0.29) is 11.9 Å². The first kappa shape index (κ1) is 13.4. The molecule has 1 amide bonds. The predicted octanol–water partition coefficient (Wildman–Crippen LogP) is 2.00. The van der Waals surface area contributed by atoms with Gasteiger partial charge in [0.1, 0.15) is 0 Å². The molecule has 1 fully saturated rings. The number of likely N-dealkylation sites (N-methyl/N-ethyl adjacent to an activating group) is 1. The lowest BCUT2D eigenvalue weighted by Crippen LogP contribution is -2.44. The molecule has 0 bridgehead atoms. The van der Waals surface area contributed by atoms with E-state index in [2.05, 4.69) is 31.3 Å². The number of benzene rings is 1. The van der Waals surface area contributed by atoms with Gasteiger partial charge in [-0.05, 0) is 25.0 Å². The molecule has 98 valence electrons. The molecule has 0 spiro atoms. The van der Waals surface area contributed by atoms with Crippen LogP contribution >= 0.6 is 11.8 Å². The van der Waals surface area contributed by atoms with Crippen molar-refractivity contribution in [1.82, 2.24) is 10.2 Å². The van der Waals surface area contributed by atoms with Crippen LogP contribution in [-0.4, -0.2) is 35.0 Å². The van der Waals surface area contributed by atoms with E-state index in [0.29, 0.717) is 11.9 Å². The van der Waals surface area contributed by atoms with E-state index in [1.165, 1.54) is 11.1 Å². The van der Waals surface area contributed by atoms with Gasteiger partial charge in [-0.25, -0.2) is 0 Å².